The van der Waals surface area contributed by atoms with Gasteiger partial charge in [0.1, 0.15) is 15.9 Å². The summed E-state index contributed by atoms with van der Waals surface area (Å²) in [6.07, 6.45) is -0.177. The molecule has 0 spiro atoms. The van der Waals surface area contributed by atoms with E-state index in [1.165, 1.54) is 11.3 Å². The monoisotopic (exact) mass is 341 g/mol. The third-order valence-electron chi connectivity index (χ3n) is 3.60. The number of hydrogen-bond donors (Lipinski definition) is 2. The molecule has 1 saturated heterocycles. The molecule has 8 heteroatoms. The second-order valence-electron chi connectivity index (χ2n) is 5.43. The molecular formula is C15H23N3O4S. The van der Waals surface area contributed by atoms with Crippen molar-refractivity contribution in [3.05, 3.63) is 15.6 Å². The average molecular weight is 341 g/mol. The van der Waals surface area contributed by atoms with Crippen molar-refractivity contribution in [3.63, 3.8) is 0 Å². The molecule has 1 aliphatic rings. The third kappa shape index (κ3) is 4.27. The Hall–Kier alpha value is -1.51. The predicted octanol–water partition coefficient (Wildman–Crippen LogP) is 1.18. The van der Waals surface area contributed by atoms with Gasteiger partial charge in [-0.15, -0.1) is 11.3 Å². The van der Waals surface area contributed by atoms with E-state index < -0.39 is 0 Å². The van der Waals surface area contributed by atoms with Gasteiger partial charge < -0.3 is 20.1 Å². The highest BCUT2D eigenvalue weighted by Crippen LogP contribution is 2.24. The summed E-state index contributed by atoms with van der Waals surface area (Å²) in [6.45, 7) is 8.82. The van der Waals surface area contributed by atoms with Crippen molar-refractivity contribution in [2.24, 2.45) is 0 Å². The number of thiazole rings is 1. The van der Waals surface area contributed by atoms with E-state index in [0.29, 0.717) is 35.3 Å². The van der Waals surface area contributed by atoms with E-state index in [-0.39, 0.29) is 30.1 Å². The molecule has 0 bridgehead atoms. The summed E-state index contributed by atoms with van der Waals surface area (Å²) >= 11 is 1.25. The fourth-order valence-electron chi connectivity index (χ4n) is 2.38. The first kappa shape index (κ1) is 17.8. The summed E-state index contributed by atoms with van der Waals surface area (Å²) in [5, 5.41) is 6.75. The van der Waals surface area contributed by atoms with E-state index in [9.17, 15) is 9.59 Å². The van der Waals surface area contributed by atoms with Gasteiger partial charge in [-0.3, -0.25) is 4.79 Å². The van der Waals surface area contributed by atoms with E-state index in [4.69, 9.17) is 9.47 Å². The van der Waals surface area contributed by atoms with Crippen molar-refractivity contribution in [3.8, 4) is 0 Å². The minimum atomic E-state index is -0.378. The first-order chi connectivity index (χ1) is 10.9. The Bertz CT molecular complexity index is 575. The van der Waals surface area contributed by atoms with Crippen LogP contribution in [-0.2, 0) is 14.3 Å². The molecule has 0 aliphatic carbocycles. The van der Waals surface area contributed by atoms with Crippen molar-refractivity contribution in [2.75, 3.05) is 19.8 Å². The van der Waals surface area contributed by atoms with Crippen LogP contribution in [0.3, 0.4) is 0 Å². The van der Waals surface area contributed by atoms with Crippen LogP contribution in [-0.4, -0.2) is 48.8 Å². The number of esters is 1. The number of aryl methyl sites for hydroxylation is 1. The lowest BCUT2D eigenvalue weighted by atomic mass is 10.1. The molecule has 0 saturated carbocycles. The van der Waals surface area contributed by atoms with Crippen molar-refractivity contribution in [1.82, 2.24) is 15.6 Å². The first-order valence-corrected chi connectivity index (χ1v) is 8.55. The van der Waals surface area contributed by atoms with Crippen LogP contribution in [0.2, 0.25) is 0 Å². The lowest BCUT2D eigenvalue weighted by molar-refractivity contribution is -0.129. The molecule has 0 aromatic carbocycles. The number of carbonyl (C=O) groups excluding carboxylic acids is 2. The van der Waals surface area contributed by atoms with Gasteiger partial charge in [0.05, 0.1) is 31.1 Å². The second kappa shape index (κ2) is 7.85. The molecule has 1 fully saturated rings. The number of amides is 1. The molecule has 2 rings (SSSR count). The zero-order valence-corrected chi connectivity index (χ0v) is 14.7. The molecule has 2 heterocycles. The number of rotatable bonds is 5. The van der Waals surface area contributed by atoms with Gasteiger partial charge >= 0.3 is 5.97 Å². The molecule has 7 nitrogen and oxygen atoms in total. The lowest BCUT2D eigenvalue weighted by Gasteiger charge is -2.30. The Morgan fingerprint density at radius 2 is 2.30 bits per heavy atom. The molecule has 1 aliphatic heterocycles. The van der Waals surface area contributed by atoms with Crippen LogP contribution in [0.25, 0.3) is 0 Å². The normalized spacial score (nSPS) is 22.4. The maximum Gasteiger partial charge on any atom is 0.350 e. The Labute approximate surface area is 139 Å². The number of nitrogens with zero attached hydrogens (tertiary/aromatic N) is 1. The molecule has 128 valence electrons. The SMILES string of the molecule is CCOC(=O)c1sc(C(C)NC(=O)[C@H]2NCCO[C@@H]2C)nc1C. The van der Waals surface area contributed by atoms with Crippen LogP contribution in [0.4, 0.5) is 0 Å². The quantitative estimate of drug-likeness (QED) is 0.782. The summed E-state index contributed by atoms with van der Waals surface area (Å²) in [5.41, 5.74) is 0.622. The van der Waals surface area contributed by atoms with Crippen LogP contribution >= 0.6 is 11.3 Å². The second-order valence-corrected chi connectivity index (χ2v) is 6.46. The van der Waals surface area contributed by atoms with E-state index in [1.807, 2.05) is 13.8 Å². The Balaban J connectivity index is 2.03. The maximum atomic E-state index is 12.4. The van der Waals surface area contributed by atoms with Crippen LogP contribution in [0.5, 0.6) is 0 Å². The molecule has 1 aromatic rings. The number of morpholine rings is 1. The van der Waals surface area contributed by atoms with Gasteiger partial charge in [0.25, 0.3) is 0 Å². The standard InChI is InChI=1S/C15H23N3O4S/c1-5-21-15(20)12-8(2)18-14(23-12)9(3)17-13(19)11-10(4)22-7-6-16-11/h9-11,16H,5-7H2,1-4H3,(H,17,19)/t9?,10-,11+/m1/s1. The Morgan fingerprint density at radius 3 is 2.96 bits per heavy atom. The highest BCUT2D eigenvalue weighted by Gasteiger charge is 2.30. The summed E-state index contributed by atoms with van der Waals surface area (Å²) in [5.74, 6) is -0.501. The summed E-state index contributed by atoms with van der Waals surface area (Å²) in [4.78, 5) is 29.1. The first-order valence-electron chi connectivity index (χ1n) is 7.73. The Morgan fingerprint density at radius 1 is 1.57 bits per heavy atom. The van der Waals surface area contributed by atoms with Gasteiger partial charge in [-0.05, 0) is 27.7 Å². The molecule has 23 heavy (non-hydrogen) atoms. The summed E-state index contributed by atoms with van der Waals surface area (Å²) in [7, 11) is 0. The molecule has 2 N–H and O–H groups in total. The van der Waals surface area contributed by atoms with E-state index in [1.54, 1.807) is 13.8 Å². The summed E-state index contributed by atoms with van der Waals surface area (Å²) < 4.78 is 10.5. The predicted molar refractivity (Wildman–Crippen MR) is 86.6 cm³/mol. The van der Waals surface area contributed by atoms with Crippen LogP contribution < -0.4 is 10.6 Å². The van der Waals surface area contributed by atoms with Crippen molar-refractivity contribution >= 4 is 23.2 Å². The largest absolute Gasteiger partial charge is 0.462 e. The average Bonchev–Trinajstić information content (AvgIpc) is 2.90. The van der Waals surface area contributed by atoms with E-state index in [2.05, 4.69) is 15.6 Å². The molecule has 1 aromatic heterocycles. The van der Waals surface area contributed by atoms with Crippen LogP contribution in [0, 0.1) is 6.92 Å². The van der Waals surface area contributed by atoms with Gasteiger partial charge in [-0.2, -0.15) is 0 Å². The Kier molecular flexibility index (Phi) is 6.09. The van der Waals surface area contributed by atoms with Crippen LogP contribution in [0.1, 0.15) is 47.2 Å². The molecule has 3 atom stereocenters. The van der Waals surface area contributed by atoms with Gasteiger partial charge in [-0.25, -0.2) is 9.78 Å². The van der Waals surface area contributed by atoms with E-state index >= 15 is 0 Å². The number of nitrogens with one attached hydrogen (secondary N) is 2. The zero-order valence-electron chi connectivity index (χ0n) is 13.8. The number of hydrogen-bond acceptors (Lipinski definition) is 7. The van der Waals surface area contributed by atoms with Gasteiger partial charge in [0.2, 0.25) is 5.91 Å². The van der Waals surface area contributed by atoms with Gasteiger partial charge in [0.15, 0.2) is 0 Å². The fourth-order valence-corrected chi connectivity index (χ4v) is 3.34. The zero-order chi connectivity index (χ0) is 17.0. The minimum Gasteiger partial charge on any atom is -0.462 e. The molecule has 1 unspecified atom stereocenters. The smallest absolute Gasteiger partial charge is 0.350 e. The molecule has 1 amide bonds. The minimum absolute atomic E-state index is 0.129. The summed E-state index contributed by atoms with van der Waals surface area (Å²) in [6, 6.07) is -0.665. The number of carbonyl (C=O) groups is 2. The lowest BCUT2D eigenvalue weighted by Crippen LogP contribution is -2.55. The van der Waals surface area contributed by atoms with E-state index in [0.717, 1.165) is 0 Å². The van der Waals surface area contributed by atoms with Gasteiger partial charge in [0, 0.05) is 6.54 Å². The third-order valence-corrected chi connectivity index (χ3v) is 4.92. The van der Waals surface area contributed by atoms with Crippen molar-refractivity contribution in [1.29, 1.82) is 0 Å². The highest BCUT2D eigenvalue weighted by molar-refractivity contribution is 7.13. The maximum absolute atomic E-state index is 12.4. The molecular weight excluding hydrogens is 318 g/mol. The topological polar surface area (TPSA) is 89.5 Å². The van der Waals surface area contributed by atoms with Crippen LogP contribution in [0.15, 0.2) is 0 Å². The number of ether oxygens (including phenoxy) is 2. The molecule has 0 radical (unpaired) electrons. The van der Waals surface area contributed by atoms with Gasteiger partial charge in [-0.1, -0.05) is 0 Å². The van der Waals surface area contributed by atoms with Crippen molar-refractivity contribution < 1.29 is 19.1 Å². The van der Waals surface area contributed by atoms with Crippen molar-refractivity contribution in [2.45, 2.75) is 45.9 Å². The number of aromatic nitrogens is 1. The highest BCUT2D eigenvalue weighted by atomic mass is 32.1. The fraction of sp³-hybridized carbons (Fsp3) is 0.667.